The molecule has 2 aromatic heterocycles. The van der Waals surface area contributed by atoms with Crippen LogP contribution < -0.4 is 43.0 Å². The van der Waals surface area contributed by atoms with E-state index in [2.05, 4.69) is 71.9 Å². The van der Waals surface area contributed by atoms with Crippen molar-refractivity contribution < 1.29 is 55.9 Å². The van der Waals surface area contributed by atoms with Gasteiger partial charge in [-0.2, -0.15) is 10.2 Å². The van der Waals surface area contributed by atoms with Crippen molar-refractivity contribution in [1.29, 1.82) is 0 Å². The van der Waals surface area contributed by atoms with Gasteiger partial charge < -0.3 is 15.3 Å². The fourth-order valence-corrected chi connectivity index (χ4v) is 8.50. The Morgan fingerprint density at radius 2 is 0.935 bits per heavy atom. The van der Waals surface area contributed by atoms with Crippen LogP contribution in [0, 0.1) is 37.5 Å². The minimum Gasteiger partial charge on any atom is -0.493 e. The number of aryl methyl sites for hydroxylation is 2. The summed E-state index contributed by atoms with van der Waals surface area (Å²) in [6.07, 6.45) is 1.93. The van der Waals surface area contributed by atoms with E-state index in [-0.39, 0.29) is 125 Å². The predicted molar refractivity (Wildman–Crippen MR) is 219 cm³/mol. The molecule has 0 amide bonds. The largest absolute Gasteiger partial charge is 0.493 e. The lowest BCUT2D eigenvalue weighted by atomic mass is 9.79. The van der Waals surface area contributed by atoms with Crippen LogP contribution in [0.2, 0.25) is 0 Å². The van der Waals surface area contributed by atoms with Gasteiger partial charge in [0.2, 0.25) is 11.8 Å². The molecule has 3 fully saturated rings. The molecule has 5 rings (SSSR count). The number of pyridine rings is 2. The van der Waals surface area contributed by atoms with Gasteiger partial charge in [-0.25, -0.2) is 19.6 Å². The van der Waals surface area contributed by atoms with Crippen LogP contribution in [0.1, 0.15) is 49.7 Å². The van der Waals surface area contributed by atoms with Crippen molar-refractivity contribution in [3.05, 3.63) is 44.0 Å². The minimum absolute atomic E-state index is 0.0402. The van der Waals surface area contributed by atoms with Gasteiger partial charge in [0.25, 0.3) is 11.1 Å². The van der Waals surface area contributed by atoms with Crippen LogP contribution in [0.5, 0.6) is 11.8 Å². The summed E-state index contributed by atoms with van der Waals surface area (Å²) in [7, 11) is 0. The topological polar surface area (TPSA) is 344 Å². The zero-order chi connectivity index (χ0) is 44.6. The van der Waals surface area contributed by atoms with Crippen LogP contribution in [-0.4, -0.2) is 129 Å². The maximum atomic E-state index is 13.0. The number of rotatable bonds is 23. The third-order valence-electron chi connectivity index (χ3n) is 11.4. The normalized spacial score (nSPS) is 27.1. The molecule has 0 aromatic carbocycles. The van der Waals surface area contributed by atoms with Gasteiger partial charge in [-0.1, -0.05) is 0 Å². The summed E-state index contributed by atoms with van der Waals surface area (Å²) < 4.78 is 2.36. The van der Waals surface area contributed by atoms with Gasteiger partial charge >= 0.3 is 0 Å². The first-order valence-corrected chi connectivity index (χ1v) is 20.8. The number of azo groups is 2. The quantitative estimate of drug-likeness (QED) is 0.0417. The molecule has 2 aliphatic carbocycles. The predicted octanol–water partition coefficient (Wildman–Crippen LogP) is 0.828. The molecular weight excluding hydrogens is 820 g/mol. The summed E-state index contributed by atoms with van der Waals surface area (Å²) in [5.41, 5.74) is 0.264. The SMILES string of the molecule is Cc1cc(=O)n(CCNC2NC(NCCO)NC(NCCn3c(O)c(N=NC4CC(COO)CC(COO)C4)c(C)cc3=O)N2)c(O)c1N=NC1CC(COO)CC(COO)C1. The molecule has 25 nitrogen and oxygen atoms in total. The standard InChI is InChI=1S/C37H62N12O13/c1-21-9-29(51)48(33(53)31(21)46-44-27-13-23(17-59-55)11-24(14-27)18-60-56)6-3-38-35-41-36(43-37(42-35)40-5-8-50)39-4-7-49-30(52)10-22(2)32(34(49)54)47-45-28-15-25(19-61-57)12-26(16-28)20-62-58/h9-10,23-28,35-43,50,53-58H,3-8,11-20H2,1-2H3. The Morgan fingerprint density at radius 1 is 0.597 bits per heavy atom. The summed E-state index contributed by atoms with van der Waals surface area (Å²) in [6.45, 7) is 4.31. The third kappa shape index (κ3) is 14.1. The number of hydrogen-bond acceptors (Lipinski definition) is 23. The van der Waals surface area contributed by atoms with Crippen LogP contribution in [0.4, 0.5) is 11.4 Å². The van der Waals surface area contributed by atoms with Gasteiger partial charge in [-0.15, -0.1) is 10.2 Å². The molecule has 0 bridgehead atoms. The van der Waals surface area contributed by atoms with Crippen molar-refractivity contribution in [2.45, 2.75) is 96.4 Å². The highest BCUT2D eigenvalue weighted by atomic mass is 17.1. The highest BCUT2D eigenvalue weighted by Crippen LogP contribution is 2.36. The number of nitrogens with zero attached hydrogens (tertiary/aromatic N) is 6. The Hall–Kier alpha value is -3.90. The van der Waals surface area contributed by atoms with E-state index in [0.717, 1.165) is 0 Å². The van der Waals surface area contributed by atoms with E-state index in [1.165, 1.54) is 21.3 Å². The lowest BCUT2D eigenvalue weighted by Crippen LogP contribution is -2.77. The van der Waals surface area contributed by atoms with Crippen LogP contribution >= 0.6 is 0 Å². The van der Waals surface area contributed by atoms with Crippen molar-refractivity contribution in [1.82, 2.24) is 41.0 Å². The van der Waals surface area contributed by atoms with Gasteiger partial charge in [-0.3, -0.25) is 71.7 Å². The summed E-state index contributed by atoms with van der Waals surface area (Å²) in [5.74, 6) is -0.870. The van der Waals surface area contributed by atoms with Crippen LogP contribution in [0.3, 0.4) is 0 Å². The van der Waals surface area contributed by atoms with Gasteiger partial charge in [0.1, 0.15) is 30.2 Å². The molecular formula is C37H62N12O13. The fraction of sp³-hybridized carbons (Fsp3) is 0.730. The number of aromatic nitrogens is 2. The summed E-state index contributed by atoms with van der Waals surface area (Å²) in [4.78, 5) is 43.4. The lowest BCUT2D eigenvalue weighted by Gasteiger charge is -2.39. The number of hydrogen-bond donors (Lipinski definition) is 13. The van der Waals surface area contributed by atoms with E-state index in [1.54, 1.807) is 13.8 Å². The molecule has 25 heteroatoms. The van der Waals surface area contributed by atoms with Crippen molar-refractivity contribution in [3.63, 3.8) is 0 Å². The Morgan fingerprint density at radius 3 is 1.26 bits per heavy atom. The highest BCUT2D eigenvalue weighted by Gasteiger charge is 2.32. The monoisotopic (exact) mass is 882 g/mol. The molecule has 6 unspecified atom stereocenters. The summed E-state index contributed by atoms with van der Waals surface area (Å²) >= 11 is 0. The molecule has 2 aromatic rings. The zero-order valence-electron chi connectivity index (χ0n) is 34.9. The van der Waals surface area contributed by atoms with Gasteiger partial charge in [-0.05, 0) is 87.2 Å². The molecule has 348 valence electrons. The lowest BCUT2D eigenvalue weighted by molar-refractivity contribution is -0.263. The van der Waals surface area contributed by atoms with Crippen LogP contribution in [0.15, 0.2) is 42.2 Å². The molecule has 3 heterocycles. The molecule has 6 atom stereocenters. The van der Waals surface area contributed by atoms with E-state index < -0.39 is 30.0 Å². The van der Waals surface area contributed by atoms with E-state index in [0.29, 0.717) is 49.7 Å². The van der Waals surface area contributed by atoms with Gasteiger partial charge in [0.05, 0.1) is 45.1 Å². The number of aliphatic hydroxyl groups excluding tert-OH is 1. The summed E-state index contributed by atoms with van der Waals surface area (Å²) in [6, 6.07) is 2.13. The van der Waals surface area contributed by atoms with E-state index in [1.807, 2.05) is 0 Å². The smallest absolute Gasteiger partial charge is 0.253 e. The van der Waals surface area contributed by atoms with E-state index >= 15 is 0 Å². The van der Waals surface area contributed by atoms with Crippen molar-refractivity contribution in [2.75, 3.05) is 52.7 Å². The van der Waals surface area contributed by atoms with Crippen molar-refractivity contribution >= 4 is 11.4 Å². The van der Waals surface area contributed by atoms with Crippen LogP contribution in [0.25, 0.3) is 0 Å². The molecule has 62 heavy (non-hydrogen) atoms. The van der Waals surface area contributed by atoms with E-state index in [4.69, 9.17) is 21.0 Å². The molecule has 2 saturated carbocycles. The Balaban J connectivity index is 1.20. The number of aliphatic hydroxyl groups is 1. The van der Waals surface area contributed by atoms with E-state index in [9.17, 15) is 24.9 Å². The first-order valence-electron chi connectivity index (χ1n) is 20.8. The number of aromatic hydroxyl groups is 2. The average Bonchev–Trinajstić information content (AvgIpc) is 3.22. The molecule has 1 aliphatic heterocycles. The zero-order valence-corrected chi connectivity index (χ0v) is 34.9. The molecule has 1 saturated heterocycles. The van der Waals surface area contributed by atoms with Crippen molar-refractivity contribution in [2.24, 2.45) is 44.1 Å². The van der Waals surface area contributed by atoms with Crippen molar-refractivity contribution in [3.8, 4) is 11.8 Å². The number of nitrogens with one attached hydrogen (secondary N) is 6. The second-order valence-electron chi connectivity index (χ2n) is 16.2. The summed E-state index contributed by atoms with van der Waals surface area (Å²) in [5, 5.41) is 105. The fourth-order valence-electron chi connectivity index (χ4n) is 8.50. The maximum absolute atomic E-state index is 13.0. The first kappa shape index (κ1) is 49.1. The molecule has 0 spiro atoms. The molecule has 0 radical (unpaired) electrons. The molecule has 3 aliphatic rings. The minimum atomic E-state index is -0.570. The second kappa shape index (κ2) is 24.8. The Labute approximate surface area is 356 Å². The second-order valence-corrected chi connectivity index (χ2v) is 16.2. The third-order valence-corrected chi connectivity index (χ3v) is 11.4. The average molecular weight is 883 g/mol. The first-order chi connectivity index (χ1) is 30.0. The highest BCUT2D eigenvalue weighted by molar-refractivity contribution is 5.53. The van der Waals surface area contributed by atoms with Gasteiger partial charge in [0, 0.05) is 44.9 Å². The van der Waals surface area contributed by atoms with Crippen LogP contribution in [-0.2, 0) is 32.6 Å². The van der Waals surface area contributed by atoms with Gasteiger partial charge in [0.15, 0.2) is 0 Å². The Kier molecular flexibility index (Phi) is 19.7. The Bertz CT molecular complexity index is 1730. The maximum Gasteiger partial charge on any atom is 0.253 e. The molecule has 13 N–H and O–H groups in total.